The molecule has 1 amide bonds. The molecule has 0 unspecified atom stereocenters. The minimum atomic E-state index is -0.616. The lowest BCUT2D eigenvalue weighted by Gasteiger charge is -2.22. The van der Waals surface area contributed by atoms with Crippen LogP contribution < -0.4 is 19.8 Å². The van der Waals surface area contributed by atoms with E-state index in [0.29, 0.717) is 11.3 Å². The van der Waals surface area contributed by atoms with Crippen molar-refractivity contribution in [3.05, 3.63) is 92.7 Å². The molecule has 3 aromatic carbocycles. The summed E-state index contributed by atoms with van der Waals surface area (Å²) in [5.41, 5.74) is 3.73. The first-order valence-electron chi connectivity index (χ1n) is 11.5. The van der Waals surface area contributed by atoms with Gasteiger partial charge in [-0.15, -0.1) is 0 Å². The fourth-order valence-corrected chi connectivity index (χ4v) is 3.66. The number of hydrazone groups is 1. The first-order chi connectivity index (χ1) is 17.8. The highest BCUT2D eigenvalue weighted by atomic mass is 35.5. The maximum Gasteiger partial charge on any atom is 0.310 e. The van der Waals surface area contributed by atoms with Crippen molar-refractivity contribution in [1.82, 2.24) is 5.43 Å². The van der Waals surface area contributed by atoms with Gasteiger partial charge in [0.1, 0.15) is 18.2 Å². The van der Waals surface area contributed by atoms with Crippen LogP contribution in [-0.2, 0) is 11.4 Å². The largest absolute Gasteiger partial charge is 0.488 e. The Hall–Kier alpha value is -4.18. The van der Waals surface area contributed by atoms with Crippen LogP contribution in [0.3, 0.4) is 0 Å². The predicted molar refractivity (Wildman–Crippen MR) is 140 cm³/mol. The second kappa shape index (κ2) is 13.2. The van der Waals surface area contributed by atoms with Gasteiger partial charge in [-0.25, -0.2) is 9.82 Å². The van der Waals surface area contributed by atoms with E-state index in [1.165, 1.54) is 36.5 Å². The van der Waals surface area contributed by atoms with Crippen molar-refractivity contribution in [1.29, 1.82) is 0 Å². The first-order valence-corrected chi connectivity index (χ1v) is 11.8. The Morgan fingerprint density at radius 3 is 2.57 bits per heavy atom. The van der Waals surface area contributed by atoms with E-state index >= 15 is 0 Å². The van der Waals surface area contributed by atoms with Gasteiger partial charge < -0.3 is 14.4 Å². The summed E-state index contributed by atoms with van der Waals surface area (Å²) >= 11 is 6.13. The number of benzene rings is 3. The van der Waals surface area contributed by atoms with E-state index in [4.69, 9.17) is 21.1 Å². The number of nitrogens with one attached hydrogen (secondary N) is 1. The Balaban J connectivity index is 1.72. The fourth-order valence-electron chi connectivity index (χ4n) is 3.44. The van der Waals surface area contributed by atoms with E-state index in [9.17, 15) is 19.3 Å². The standard InChI is InChI=1S/C26H26ClFN4O5/c1-3-31(4-2)19-13-12-18(25(14-19)36-16-20-21(27)8-7-9-22(20)28)15-29-30-26(33)17-37-24-11-6-5-10-23(24)32(34)35/h5-15H,3-4,16-17H2,1-2H3,(H,30,33)/b29-15+. The molecule has 3 rings (SSSR count). The summed E-state index contributed by atoms with van der Waals surface area (Å²) in [6.07, 6.45) is 1.38. The van der Waals surface area contributed by atoms with Crippen molar-refractivity contribution in [2.75, 3.05) is 24.6 Å². The molecule has 9 nitrogen and oxygen atoms in total. The minimum Gasteiger partial charge on any atom is -0.488 e. The summed E-state index contributed by atoms with van der Waals surface area (Å²) in [5.74, 6) is -0.706. The molecule has 0 aromatic heterocycles. The van der Waals surface area contributed by atoms with Gasteiger partial charge in [0.25, 0.3) is 5.91 Å². The van der Waals surface area contributed by atoms with Crippen LogP contribution >= 0.6 is 11.6 Å². The lowest BCUT2D eigenvalue weighted by atomic mass is 10.1. The van der Waals surface area contributed by atoms with Crippen LogP contribution in [0.1, 0.15) is 25.0 Å². The normalized spacial score (nSPS) is 10.8. The zero-order valence-corrected chi connectivity index (χ0v) is 21.1. The molecule has 0 saturated carbocycles. The summed E-state index contributed by atoms with van der Waals surface area (Å²) in [6, 6.07) is 15.6. The Bertz CT molecular complexity index is 1260. The average Bonchev–Trinajstić information content (AvgIpc) is 2.89. The number of para-hydroxylation sites is 2. The second-order valence-electron chi connectivity index (χ2n) is 7.69. The van der Waals surface area contributed by atoms with E-state index < -0.39 is 23.3 Å². The lowest BCUT2D eigenvalue weighted by molar-refractivity contribution is -0.385. The monoisotopic (exact) mass is 528 g/mol. The molecule has 194 valence electrons. The third-order valence-electron chi connectivity index (χ3n) is 5.37. The molecule has 1 N–H and O–H groups in total. The summed E-state index contributed by atoms with van der Waals surface area (Å²) < 4.78 is 25.4. The van der Waals surface area contributed by atoms with Crippen molar-refractivity contribution in [3.63, 3.8) is 0 Å². The maximum absolute atomic E-state index is 14.2. The Kier molecular flexibility index (Phi) is 9.79. The van der Waals surface area contributed by atoms with E-state index in [1.54, 1.807) is 18.2 Å². The van der Waals surface area contributed by atoms with E-state index in [1.807, 2.05) is 26.0 Å². The van der Waals surface area contributed by atoms with Crippen LogP contribution in [0.4, 0.5) is 15.8 Å². The van der Waals surface area contributed by atoms with Gasteiger partial charge in [0, 0.05) is 42.0 Å². The van der Waals surface area contributed by atoms with Crippen molar-refractivity contribution >= 4 is 35.1 Å². The molecular weight excluding hydrogens is 503 g/mol. The highest BCUT2D eigenvalue weighted by Gasteiger charge is 2.15. The number of ether oxygens (including phenoxy) is 2. The number of nitro benzene ring substituents is 1. The van der Waals surface area contributed by atoms with Gasteiger partial charge in [-0.05, 0) is 44.2 Å². The number of hydrogen-bond acceptors (Lipinski definition) is 7. The number of halogens is 2. The fraction of sp³-hybridized carbons (Fsp3) is 0.231. The maximum atomic E-state index is 14.2. The van der Waals surface area contributed by atoms with Crippen LogP contribution in [0.2, 0.25) is 5.02 Å². The molecule has 0 aliphatic carbocycles. The van der Waals surface area contributed by atoms with E-state index in [-0.39, 0.29) is 28.6 Å². The molecule has 0 saturated heterocycles. The number of carbonyl (C=O) groups is 1. The zero-order chi connectivity index (χ0) is 26.8. The van der Waals surface area contributed by atoms with Gasteiger partial charge in [-0.2, -0.15) is 5.10 Å². The lowest BCUT2D eigenvalue weighted by Crippen LogP contribution is -2.24. The van der Waals surface area contributed by atoms with Crippen molar-refractivity contribution < 1.29 is 23.6 Å². The average molecular weight is 529 g/mol. The first kappa shape index (κ1) is 27.4. The van der Waals surface area contributed by atoms with Gasteiger partial charge in [0.2, 0.25) is 0 Å². The summed E-state index contributed by atoms with van der Waals surface area (Å²) in [7, 11) is 0. The summed E-state index contributed by atoms with van der Waals surface area (Å²) in [6.45, 7) is 5.03. The molecule has 0 aliphatic heterocycles. The van der Waals surface area contributed by atoms with Crippen molar-refractivity contribution in [2.45, 2.75) is 20.5 Å². The van der Waals surface area contributed by atoms with E-state index in [2.05, 4.69) is 15.4 Å². The number of hydrogen-bond donors (Lipinski definition) is 1. The highest BCUT2D eigenvalue weighted by Crippen LogP contribution is 2.28. The molecule has 0 heterocycles. The smallest absolute Gasteiger partial charge is 0.310 e. The van der Waals surface area contributed by atoms with Crippen LogP contribution in [0.5, 0.6) is 11.5 Å². The Morgan fingerprint density at radius 1 is 1.11 bits per heavy atom. The van der Waals surface area contributed by atoms with Crippen LogP contribution in [0.25, 0.3) is 0 Å². The highest BCUT2D eigenvalue weighted by molar-refractivity contribution is 6.31. The summed E-state index contributed by atoms with van der Waals surface area (Å²) in [4.78, 5) is 24.8. The molecule has 0 fully saturated rings. The van der Waals surface area contributed by atoms with Gasteiger partial charge in [0.05, 0.1) is 16.2 Å². The number of carbonyl (C=O) groups excluding carboxylic acids is 1. The van der Waals surface area contributed by atoms with Gasteiger partial charge in [-0.3, -0.25) is 14.9 Å². The third kappa shape index (κ3) is 7.40. The number of nitrogens with zero attached hydrogens (tertiary/aromatic N) is 3. The van der Waals surface area contributed by atoms with Gasteiger partial charge in [-0.1, -0.05) is 29.8 Å². The van der Waals surface area contributed by atoms with Crippen LogP contribution in [-0.4, -0.2) is 36.7 Å². The molecule has 0 bridgehead atoms. The Morgan fingerprint density at radius 2 is 1.86 bits per heavy atom. The molecule has 3 aromatic rings. The number of amides is 1. The quantitative estimate of drug-likeness (QED) is 0.193. The number of rotatable bonds is 12. The van der Waals surface area contributed by atoms with Gasteiger partial charge >= 0.3 is 5.69 Å². The van der Waals surface area contributed by atoms with Gasteiger partial charge in [0.15, 0.2) is 12.4 Å². The Labute approximate surface area is 218 Å². The molecule has 37 heavy (non-hydrogen) atoms. The molecule has 11 heteroatoms. The third-order valence-corrected chi connectivity index (χ3v) is 5.73. The SMILES string of the molecule is CCN(CC)c1ccc(/C=N/NC(=O)COc2ccccc2[N+](=O)[O-])c(OCc2c(F)cccc2Cl)c1. The van der Waals surface area contributed by atoms with E-state index in [0.717, 1.165) is 18.8 Å². The van der Waals surface area contributed by atoms with Crippen LogP contribution in [0, 0.1) is 15.9 Å². The van der Waals surface area contributed by atoms with Crippen molar-refractivity contribution in [2.24, 2.45) is 5.10 Å². The molecule has 0 atom stereocenters. The van der Waals surface area contributed by atoms with Crippen LogP contribution in [0.15, 0.2) is 65.8 Å². The number of anilines is 1. The minimum absolute atomic E-state index is 0.0267. The number of nitro groups is 1. The molecule has 0 spiro atoms. The summed E-state index contributed by atoms with van der Waals surface area (Å²) in [5, 5.41) is 15.3. The molecule has 0 aliphatic rings. The topological polar surface area (TPSA) is 106 Å². The zero-order valence-electron chi connectivity index (χ0n) is 20.3. The molecule has 0 radical (unpaired) electrons. The second-order valence-corrected chi connectivity index (χ2v) is 8.10. The molecular formula is C26H26ClFN4O5. The van der Waals surface area contributed by atoms with Crippen molar-refractivity contribution in [3.8, 4) is 11.5 Å². The predicted octanol–water partition coefficient (Wildman–Crippen LogP) is 5.34.